The largest absolute Gasteiger partial charge is 0.474 e. The lowest BCUT2D eigenvalue weighted by Gasteiger charge is -2.32. The number of morpholine rings is 1. The van der Waals surface area contributed by atoms with E-state index in [-0.39, 0.29) is 6.10 Å². The molecule has 1 aliphatic carbocycles. The van der Waals surface area contributed by atoms with Crippen molar-refractivity contribution in [1.29, 1.82) is 0 Å². The minimum absolute atomic E-state index is 0.0642. The summed E-state index contributed by atoms with van der Waals surface area (Å²) in [5, 5.41) is 0. The molecule has 1 saturated carbocycles. The van der Waals surface area contributed by atoms with Crippen LogP contribution in [0.25, 0.3) is 0 Å². The lowest BCUT2D eigenvalue weighted by Crippen LogP contribution is -2.37. The molecule has 0 bridgehead atoms. The maximum atomic E-state index is 12.3. The molecule has 1 aromatic rings. The quantitative estimate of drug-likeness (QED) is 0.745. The zero-order valence-electron chi connectivity index (χ0n) is 15.9. The first kappa shape index (κ1) is 18.9. The Kier molecular flexibility index (Phi) is 6.29. The van der Waals surface area contributed by atoms with E-state index in [9.17, 15) is 4.79 Å². The van der Waals surface area contributed by atoms with E-state index in [1.807, 2.05) is 0 Å². The highest BCUT2D eigenvalue weighted by molar-refractivity contribution is 5.91. The second-order valence-corrected chi connectivity index (χ2v) is 7.37. The van der Waals surface area contributed by atoms with Crippen LogP contribution < -0.4 is 9.64 Å². The van der Waals surface area contributed by atoms with Crippen LogP contribution in [0.4, 0.5) is 5.95 Å². The molecule has 3 rings (SSSR count). The number of ether oxygens (including phenoxy) is 3. The number of esters is 1. The van der Waals surface area contributed by atoms with Crippen molar-refractivity contribution < 1.29 is 19.0 Å². The molecule has 2 fully saturated rings. The van der Waals surface area contributed by atoms with Gasteiger partial charge in [-0.2, -0.15) is 4.98 Å². The first-order chi connectivity index (χ1) is 12.6. The van der Waals surface area contributed by atoms with Crippen molar-refractivity contribution in [2.45, 2.75) is 46.1 Å². The normalized spacial score (nSPS) is 26.4. The molecule has 144 valence electrons. The van der Waals surface area contributed by atoms with Gasteiger partial charge in [-0.05, 0) is 38.0 Å². The summed E-state index contributed by atoms with van der Waals surface area (Å²) in [7, 11) is 0. The zero-order valence-corrected chi connectivity index (χ0v) is 15.9. The summed E-state index contributed by atoms with van der Waals surface area (Å²) in [6.07, 6.45) is 4.76. The highest BCUT2D eigenvalue weighted by Gasteiger charge is 2.28. The predicted octanol–water partition coefficient (Wildman–Crippen LogP) is 2.69. The third-order valence-electron chi connectivity index (χ3n) is 4.94. The molecule has 2 aliphatic rings. The highest BCUT2D eigenvalue weighted by atomic mass is 16.5. The Balaban J connectivity index is 1.84. The molecule has 1 saturated heterocycles. The van der Waals surface area contributed by atoms with Gasteiger partial charge >= 0.3 is 5.97 Å². The molecule has 1 aromatic heterocycles. The molecule has 0 N–H and O–H groups in total. The van der Waals surface area contributed by atoms with Gasteiger partial charge in [-0.25, -0.2) is 9.78 Å². The Morgan fingerprint density at radius 1 is 1.23 bits per heavy atom. The van der Waals surface area contributed by atoms with Gasteiger partial charge in [0.05, 0.1) is 26.0 Å². The van der Waals surface area contributed by atoms with Gasteiger partial charge in [-0.15, -0.1) is 0 Å². The van der Waals surface area contributed by atoms with E-state index < -0.39 is 5.97 Å². The van der Waals surface area contributed by atoms with Crippen LogP contribution in [0.15, 0.2) is 6.20 Å². The van der Waals surface area contributed by atoms with Crippen molar-refractivity contribution in [3.05, 3.63) is 11.8 Å². The number of hydrogen-bond donors (Lipinski definition) is 0. The van der Waals surface area contributed by atoms with Gasteiger partial charge in [-0.3, -0.25) is 0 Å². The smallest absolute Gasteiger partial charge is 0.345 e. The SMILES string of the molecule is CCOC(=O)c1cnc(N2CCOCC2)nc1OC1CC(C)CC(C)C1. The maximum Gasteiger partial charge on any atom is 0.345 e. The Hall–Kier alpha value is -1.89. The number of carbonyl (C=O) groups excluding carboxylic acids is 1. The second kappa shape index (κ2) is 8.66. The first-order valence-electron chi connectivity index (χ1n) is 9.60. The van der Waals surface area contributed by atoms with Crippen LogP contribution in [-0.4, -0.2) is 55.0 Å². The molecule has 0 amide bonds. The maximum absolute atomic E-state index is 12.3. The van der Waals surface area contributed by atoms with Crippen LogP contribution in [-0.2, 0) is 9.47 Å². The number of anilines is 1. The number of rotatable bonds is 5. The van der Waals surface area contributed by atoms with Crippen molar-refractivity contribution in [3.63, 3.8) is 0 Å². The van der Waals surface area contributed by atoms with Crippen molar-refractivity contribution in [2.75, 3.05) is 37.8 Å². The molecule has 0 radical (unpaired) electrons. The Morgan fingerprint density at radius 3 is 2.58 bits per heavy atom. The molecule has 2 atom stereocenters. The lowest BCUT2D eigenvalue weighted by atomic mass is 9.82. The Bertz CT molecular complexity index is 609. The van der Waals surface area contributed by atoms with E-state index in [0.717, 1.165) is 25.9 Å². The molecule has 0 spiro atoms. The average molecular weight is 363 g/mol. The van der Waals surface area contributed by atoms with Crippen LogP contribution in [0.2, 0.25) is 0 Å². The van der Waals surface area contributed by atoms with Gasteiger partial charge in [0.2, 0.25) is 11.8 Å². The monoisotopic (exact) mass is 363 g/mol. The molecule has 7 heteroatoms. The first-order valence-corrected chi connectivity index (χ1v) is 9.60. The highest BCUT2D eigenvalue weighted by Crippen LogP contribution is 2.32. The Morgan fingerprint density at radius 2 is 1.92 bits per heavy atom. The fraction of sp³-hybridized carbons (Fsp3) is 0.737. The molecular weight excluding hydrogens is 334 g/mol. The fourth-order valence-electron chi connectivity index (χ4n) is 3.84. The number of aromatic nitrogens is 2. The fourth-order valence-corrected chi connectivity index (χ4v) is 3.84. The average Bonchev–Trinajstić information content (AvgIpc) is 2.62. The van der Waals surface area contributed by atoms with E-state index in [0.29, 0.717) is 49.0 Å². The van der Waals surface area contributed by atoms with Crippen molar-refractivity contribution >= 4 is 11.9 Å². The van der Waals surface area contributed by atoms with Gasteiger partial charge in [0.1, 0.15) is 11.7 Å². The molecule has 2 unspecified atom stereocenters. The van der Waals surface area contributed by atoms with Crippen LogP contribution in [0.3, 0.4) is 0 Å². The lowest BCUT2D eigenvalue weighted by molar-refractivity contribution is 0.0506. The summed E-state index contributed by atoms with van der Waals surface area (Å²) >= 11 is 0. The number of hydrogen-bond acceptors (Lipinski definition) is 7. The van der Waals surface area contributed by atoms with Gasteiger partial charge in [-0.1, -0.05) is 13.8 Å². The topological polar surface area (TPSA) is 73.8 Å². The van der Waals surface area contributed by atoms with E-state index in [1.165, 1.54) is 12.6 Å². The van der Waals surface area contributed by atoms with Crippen LogP contribution in [0.1, 0.15) is 50.4 Å². The summed E-state index contributed by atoms with van der Waals surface area (Å²) in [6, 6.07) is 0. The second-order valence-electron chi connectivity index (χ2n) is 7.37. The molecular formula is C19H29N3O4. The standard InChI is InChI=1S/C19H29N3O4/c1-4-25-18(23)16-12-20-19(22-5-7-24-8-6-22)21-17(16)26-15-10-13(2)9-14(3)11-15/h12-15H,4-11H2,1-3H3. The van der Waals surface area contributed by atoms with Crippen molar-refractivity contribution in [2.24, 2.45) is 11.8 Å². The summed E-state index contributed by atoms with van der Waals surface area (Å²) in [5.74, 6) is 1.69. The van der Waals surface area contributed by atoms with Gasteiger partial charge < -0.3 is 19.1 Å². The number of nitrogens with zero attached hydrogens (tertiary/aromatic N) is 3. The van der Waals surface area contributed by atoms with Crippen molar-refractivity contribution in [3.8, 4) is 5.88 Å². The van der Waals surface area contributed by atoms with Crippen LogP contribution in [0, 0.1) is 11.8 Å². The number of carbonyl (C=O) groups is 1. The molecule has 26 heavy (non-hydrogen) atoms. The molecule has 0 aromatic carbocycles. The van der Waals surface area contributed by atoms with E-state index in [4.69, 9.17) is 14.2 Å². The zero-order chi connectivity index (χ0) is 18.5. The van der Waals surface area contributed by atoms with Gasteiger partial charge in [0.15, 0.2) is 0 Å². The van der Waals surface area contributed by atoms with E-state index >= 15 is 0 Å². The van der Waals surface area contributed by atoms with Gasteiger partial charge in [0.25, 0.3) is 0 Å². The molecule has 7 nitrogen and oxygen atoms in total. The molecule has 1 aliphatic heterocycles. The summed E-state index contributed by atoms with van der Waals surface area (Å²) in [6.45, 7) is 9.35. The minimum Gasteiger partial charge on any atom is -0.474 e. The van der Waals surface area contributed by atoms with Crippen LogP contribution >= 0.6 is 0 Å². The van der Waals surface area contributed by atoms with E-state index in [1.54, 1.807) is 6.92 Å². The summed E-state index contributed by atoms with van der Waals surface area (Å²) in [5.41, 5.74) is 0.301. The Labute approximate surface area is 155 Å². The van der Waals surface area contributed by atoms with Crippen molar-refractivity contribution in [1.82, 2.24) is 9.97 Å². The summed E-state index contributed by atoms with van der Waals surface area (Å²) < 4.78 is 16.8. The minimum atomic E-state index is -0.437. The third kappa shape index (κ3) is 4.63. The third-order valence-corrected chi connectivity index (χ3v) is 4.94. The summed E-state index contributed by atoms with van der Waals surface area (Å²) in [4.78, 5) is 23.3. The predicted molar refractivity (Wildman–Crippen MR) is 97.6 cm³/mol. The van der Waals surface area contributed by atoms with Gasteiger partial charge in [0, 0.05) is 13.1 Å². The van der Waals surface area contributed by atoms with Crippen LogP contribution in [0.5, 0.6) is 5.88 Å². The molecule has 2 heterocycles. The van der Waals surface area contributed by atoms with E-state index in [2.05, 4.69) is 28.7 Å².